The topological polar surface area (TPSA) is 118 Å². The minimum absolute atomic E-state index is 0.254. The second-order valence-corrected chi connectivity index (χ2v) is 29.3. The van der Waals surface area contributed by atoms with Crippen LogP contribution in [0.15, 0.2) is 0 Å². The Morgan fingerprint density at radius 2 is 0.317 bits per heavy atom. The van der Waals surface area contributed by atoms with Gasteiger partial charge in [-0.2, -0.15) is 299 Å². The van der Waals surface area contributed by atoms with Gasteiger partial charge in [-0.25, -0.2) is 0 Å². The molecule has 0 aromatic carbocycles. The molecule has 1 aliphatic heterocycles. The lowest BCUT2D eigenvalue weighted by Gasteiger charge is -2.43. The van der Waals surface area contributed by atoms with Crippen LogP contribution in [-0.4, -0.2) is 339 Å². The molecule has 0 unspecified atom stereocenters. The number of hydrogen-bond acceptors (Lipinski definition) is 8. The van der Waals surface area contributed by atoms with Crippen LogP contribution in [0.25, 0.3) is 0 Å². The van der Waals surface area contributed by atoms with Crippen LogP contribution in [0.3, 0.4) is 0 Å². The highest BCUT2D eigenvalue weighted by atomic mass is 19.5. The van der Waals surface area contributed by atoms with Gasteiger partial charge in [0, 0.05) is 104 Å². The quantitative estimate of drug-likeness (QED) is 0.0554. The van der Waals surface area contributed by atoms with Crippen LogP contribution in [0, 0.1) is 0 Å². The summed E-state index contributed by atoms with van der Waals surface area (Å²) in [5.74, 6) is -257. The highest BCUT2D eigenvalue weighted by molar-refractivity contribution is 5.80. The van der Waals surface area contributed by atoms with E-state index in [0.717, 1.165) is 0 Å². The first-order chi connectivity index (χ1) is 62.0. The molecule has 12 nitrogen and oxygen atoms in total. The largest absolute Gasteiger partial charge is 0.460 e. The van der Waals surface area contributed by atoms with Gasteiger partial charge in [-0.1, -0.05) is 0 Å². The Hall–Kier alpha value is -7.04. The fraction of sp³-hybridized carbons (Fsp3) is 0.935. The summed E-state index contributed by atoms with van der Waals surface area (Å²) in [4.78, 5) is 52.3. The van der Waals surface area contributed by atoms with Crippen LogP contribution in [0.1, 0.15) is 64.2 Å². The molecule has 0 aromatic rings. The third kappa shape index (κ3) is 22.8. The summed E-state index contributed by atoms with van der Waals surface area (Å²) >= 11 is 0. The Morgan fingerprint density at radius 1 is 0.176 bits per heavy atom. The summed E-state index contributed by atoms with van der Waals surface area (Å²) in [7, 11) is 0. The van der Waals surface area contributed by atoms with E-state index in [-0.39, 0.29) is 9.80 Å². The van der Waals surface area contributed by atoms with Crippen LogP contribution in [0.5, 0.6) is 0 Å². The summed E-state index contributed by atoms with van der Waals surface area (Å²) < 4.78 is 971. The zero-order chi connectivity index (χ0) is 114. The molecule has 0 spiro atoms. The maximum atomic E-state index is 15.0. The average molecular weight is 2270 g/mol. The molecule has 844 valence electrons. The molecule has 0 aliphatic carbocycles. The van der Waals surface area contributed by atoms with E-state index in [1.165, 1.54) is 0 Å². The van der Waals surface area contributed by atoms with Crippen molar-refractivity contribution >= 4 is 23.6 Å². The summed E-state index contributed by atoms with van der Waals surface area (Å²) in [5, 5.41) is 0. The predicted octanol–water partition coefficient (Wildman–Crippen LogP) is 23.3. The standard InChI is InChI=1S/C62H52F68N4O8/c63-31(64,35(71,72)39(79,80)43(87,88)47(95,96)51(103,104)55(111,112)59(119,120)121)7-1-11-131(27(135)3-9-33(67,68)37(75,76)41(83,84)45(91,92)49(99,100)53(107,108)57(115,116)61(125,126)127)13-5-29(137)133-15-19-139-23-25-141-21-17-134(18-22-142-26-24-140-20-16-133)30(138)6-14-132(12-2-8-32(65,66)36(73,74)40(81,82)44(89,90)48(97,98)52(105,106)56(113,114)60(122,123)124)28(136)4-10-34(69,70)38(77,78)42(85,86)46(93,94)50(101,102)54(109,110)58(117,118)62(128,129)130/h1-26H2. The highest BCUT2D eigenvalue weighted by Crippen LogP contribution is 2.71. The Labute approximate surface area is 739 Å². The lowest BCUT2D eigenvalue weighted by atomic mass is 9.88. The first kappa shape index (κ1) is 133. The molecule has 1 rings (SSSR count). The van der Waals surface area contributed by atoms with Crippen molar-refractivity contribution in [3.8, 4) is 0 Å². The van der Waals surface area contributed by atoms with E-state index in [0.29, 0.717) is 0 Å². The Balaban J connectivity index is 3.96. The van der Waals surface area contributed by atoms with E-state index in [1.54, 1.807) is 0 Å². The molecule has 0 N–H and O–H groups in total. The van der Waals surface area contributed by atoms with Gasteiger partial charge in [0.1, 0.15) is 0 Å². The first-order valence-electron chi connectivity index (χ1n) is 36.2. The van der Waals surface area contributed by atoms with Crippen molar-refractivity contribution < 1.29 is 337 Å². The Kier molecular flexibility index (Phi) is 38.8. The summed E-state index contributed by atoms with van der Waals surface area (Å²) in [6.07, 6.45) is -63.8. The van der Waals surface area contributed by atoms with Crippen molar-refractivity contribution in [2.75, 3.05) is 105 Å². The summed E-state index contributed by atoms with van der Waals surface area (Å²) in [6, 6.07) is 0. The second kappa shape index (κ2) is 41.5. The van der Waals surface area contributed by atoms with Crippen molar-refractivity contribution in [3.05, 3.63) is 0 Å². The highest BCUT2D eigenvalue weighted by Gasteiger charge is 3.00. The second-order valence-electron chi connectivity index (χ2n) is 29.3. The van der Waals surface area contributed by atoms with E-state index in [1.807, 2.05) is 0 Å². The molecule has 1 aliphatic rings. The minimum Gasteiger partial charge on any atom is -0.377 e. The Bertz CT molecular complexity index is 3890. The van der Waals surface area contributed by atoms with E-state index in [9.17, 15) is 318 Å². The number of halogens is 68. The predicted molar refractivity (Wildman–Crippen MR) is 319 cm³/mol. The maximum Gasteiger partial charge on any atom is 0.460 e. The molecule has 1 heterocycles. The number of ether oxygens (including phenoxy) is 4. The molecule has 1 saturated heterocycles. The SMILES string of the molecule is O=C(CCN(CCCC(F)(F)C(F)(F)C(F)(F)C(F)(F)C(F)(F)C(F)(F)C(F)(F)C(F)(F)F)C(=O)CCC(F)(F)C(F)(F)C(F)(F)C(F)(F)C(F)(F)C(F)(F)C(F)(F)C(F)(F)F)N1CCOCCOCCN(C(=O)CCN(CCCC(F)(F)C(F)(F)C(F)(F)C(F)(F)C(F)(F)C(F)(F)C(F)(F)C(F)(F)F)C(=O)CCC(F)(F)C(F)(F)C(F)(F)C(F)(F)C(F)(F)C(F)(F)C(F)(F)C(F)(F)F)CCOCCOCC1. The number of carbonyl (C=O) groups is 4. The summed E-state index contributed by atoms with van der Waals surface area (Å²) in [6.45, 7) is -22.0. The number of alkyl halides is 68. The van der Waals surface area contributed by atoms with Gasteiger partial charge in [0.2, 0.25) is 23.6 Å². The third-order valence-corrected chi connectivity index (χ3v) is 19.7. The summed E-state index contributed by atoms with van der Waals surface area (Å²) in [5.41, 5.74) is 0. The van der Waals surface area contributed by atoms with Crippen LogP contribution in [0.2, 0.25) is 0 Å². The van der Waals surface area contributed by atoms with Crippen LogP contribution in [-0.2, 0) is 38.1 Å². The molecular weight excluding hydrogens is 2220 g/mol. The Morgan fingerprint density at radius 3 is 0.472 bits per heavy atom. The normalized spacial score (nSPS) is 17.5. The number of amides is 4. The first-order valence-corrected chi connectivity index (χ1v) is 36.2. The lowest BCUT2D eigenvalue weighted by molar-refractivity contribution is -0.461. The average Bonchev–Trinajstić information content (AvgIpc) is 0.705. The lowest BCUT2D eigenvalue weighted by Crippen LogP contribution is -2.74. The molecule has 0 aromatic heterocycles. The molecule has 142 heavy (non-hydrogen) atoms. The molecule has 0 bridgehead atoms. The van der Waals surface area contributed by atoms with E-state index < -0.39 is 393 Å². The van der Waals surface area contributed by atoms with E-state index in [2.05, 4.69) is 0 Å². The van der Waals surface area contributed by atoms with Gasteiger partial charge in [-0.3, -0.25) is 19.2 Å². The zero-order valence-corrected chi connectivity index (χ0v) is 67.1. The molecule has 0 atom stereocenters. The van der Waals surface area contributed by atoms with Crippen molar-refractivity contribution in [3.63, 3.8) is 0 Å². The van der Waals surface area contributed by atoms with Crippen molar-refractivity contribution in [2.45, 2.75) is 255 Å². The molecule has 80 heteroatoms. The molecule has 0 radical (unpaired) electrons. The molecule has 1 fully saturated rings. The molecular formula is C62H52F68N4O8. The third-order valence-electron chi connectivity index (χ3n) is 19.7. The molecule has 4 amide bonds. The fourth-order valence-corrected chi connectivity index (χ4v) is 10.8. The smallest absolute Gasteiger partial charge is 0.377 e. The molecule has 0 saturated carbocycles. The van der Waals surface area contributed by atoms with Crippen molar-refractivity contribution in [2.24, 2.45) is 0 Å². The van der Waals surface area contributed by atoms with Crippen LogP contribution in [0.4, 0.5) is 299 Å². The van der Waals surface area contributed by atoms with Crippen molar-refractivity contribution in [1.29, 1.82) is 0 Å². The van der Waals surface area contributed by atoms with Gasteiger partial charge in [-0.05, 0) is 12.8 Å². The maximum absolute atomic E-state index is 15.0. The minimum atomic E-state index is -9.36. The van der Waals surface area contributed by atoms with E-state index in [4.69, 9.17) is 18.9 Å². The van der Waals surface area contributed by atoms with Crippen molar-refractivity contribution in [1.82, 2.24) is 19.6 Å². The number of hydrogen-bond donors (Lipinski definition) is 0. The monoisotopic (exact) mass is 2270 g/mol. The van der Waals surface area contributed by atoms with Crippen LogP contribution >= 0.6 is 0 Å². The number of rotatable bonds is 44. The fourth-order valence-electron chi connectivity index (χ4n) is 10.8. The number of carbonyl (C=O) groups excluding carboxylic acids is 4. The zero-order valence-electron chi connectivity index (χ0n) is 67.1. The van der Waals surface area contributed by atoms with Gasteiger partial charge in [-0.15, -0.1) is 0 Å². The van der Waals surface area contributed by atoms with Gasteiger partial charge >= 0.3 is 191 Å². The van der Waals surface area contributed by atoms with Gasteiger partial charge < -0.3 is 38.5 Å². The van der Waals surface area contributed by atoms with E-state index >= 15 is 0 Å². The number of nitrogens with zero attached hydrogens (tertiary/aromatic N) is 4. The van der Waals surface area contributed by atoms with Crippen LogP contribution < -0.4 is 0 Å². The van der Waals surface area contributed by atoms with Gasteiger partial charge in [0.25, 0.3) is 0 Å². The van der Waals surface area contributed by atoms with Gasteiger partial charge in [0.05, 0.1) is 52.9 Å². The van der Waals surface area contributed by atoms with Gasteiger partial charge in [0.15, 0.2) is 0 Å².